The zero-order valence-corrected chi connectivity index (χ0v) is 22.7. The first-order valence-electron chi connectivity index (χ1n) is 12.2. The van der Waals surface area contributed by atoms with E-state index >= 15 is 0 Å². The Kier molecular flexibility index (Phi) is 10.6. The summed E-state index contributed by atoms with van der Waals surface area (Å²) in [6.07, 6.45) is -1.28. The molecule has 2 amide bonds. The van der Waals surface area contributed by atoms with Gasteiger partial charge < -0.3 is 21.1 Å². The summed E-state index contributed by atoms with van der Waals surface area (Å²) in [5.41, 5.74) is 10.9. The first kappa shape index (κ1) is 31.3. The third-order valence-corrected chi connectivity index (χ3v) is 6.04. The number of hydrogen-bond donors (Lipinski definition) is 2. The minimum Gasteiger partial charge on any atom is -0.445 e. The molecule has 0 spiro atoms. The van der Waals surface area contributed by atoms with E-state index in [2.05, 4.69) is 9.98 Å². The molecular formula is C27H35F3N6O3. The topological polar surface area (TPSA) is 127 Å². The van der Waals surface area contributed by atoms with Crippen LogP contribution in [-0.2, 0) is 10.9 Å². The van der Waals surface area contributed by atoms with E-state index in [9.17, 15) is 22.8 Å². The highest BCUT2D eigenvalue weighted by atomic mass is 19.4. The summed E-state index contributed by atoms with van der Waals surface area (Å²) in [7, 11) is 3.75. The van der Waals surface area contributed by atoms with Gasteiger partial charge in [0, 0.05) is 35.8 Å². The highest BCUT2D eigenvalue weighted by molar-refractivity contribution is 6.09. The second-order valence-electron chi connectivity index (χ2n) is 9.62. The molecule has 1 unspecified atom stereocenters. The van der Waals surface area contributed by atoms with Gasteiger partial charge in [-0.05, 0) is 70.8 Å². The molecule has 0 fully saturated rings. The highest BCUT2D eigenvalue weighted by Crippen LogP contribution is 2.32. The third kappa shape index (κ3) is 8.54. The number of amides is 2. The van der Waals surface area contributed by atoms with Gasteiger partial charge >= 0.3 is 12.3 Å². The van der Waals surface area contributed by atoms with E-state index in [1.807, 2.05) is 44.1 Å². The summed E-state index contributed by atoms with van der Waals surface area (Å²) >= 11 is 0. The number of halogens is 3. The van der Waals surface area contributed by atoms with Gasteiger partial charge in [-0.1, -0.05) is 13.0 Å². The van der Waals surface area contributed by atoms with Crippen molar-refractivity contribution < 1.29 is 27.5 Å². The SMILES string of the molecule is CCC(CN(C)C)OC(=O)N1CC(C(N)=NC(=O)c2ccc(C(F)(F)F)cc2)=C(N)C1(C)C.c1ccncc1. The number of carbonyl (C=O) groups excluding carboxylic acids is 2. The quantitative estimate of drug-likeness (QED) is 0.412. The van der Waals surface area contributed by atoms with Gasteiger partial charge in [-0.15, -0.1) is 0 Å². The van der Waals surface area contributed by atoms with Crippen molar-refractivity contribution in [1.82, 2.24) is 14.8 Å². The van der Waals surface area contributed by atoms with Crippen molar-refractivity contribution in [1.29, 1.82) is 0 Å². The van der Waals surface area contributed by atoms with Gasteiger partial charge in [0.1, 0.15) is 11.9 Å². The molecule has 1 aromatic carbocycles. The van der Waals surface area contributed by atoms with Crippen molar-refractivity contribution in [3.8, 4) is 0 Å². The van der Waals surface area contributed by atoms with E-state index in [-0.39, 0.29) is 35.3 Å². The number of ether oxygens (including phenoxy) is 1. The smallest absolute Gasteiger partial charge is 0.416 e. The fourth-order valence-electron chi connectivity index (χ4n) is 3.69. The lowest BCUT2D eigenvalue weighted by atomic mass is 10.0. The lowest BCUT2D eigenvalue weighted by molar-refractivity contribution is -0.137. The van der Waals surface area contributed by atoms with Crippen LogP contribution in [0.3, 0.4) is 0 Å². The van der Waals surface area contributed by atoms with Crippen molar-refractivity contribution in [3.63, 3.8) is 0 Å². The van der Waals surface area contributed by atoms with Gasteiger partial charge in [0.15, 0.2) is 0 Å². The lowest BCUT2D eigenvalue weighted by Crippen LogP contribution is -2.48. The average Bonchev–Trinajstić information content (AvgIpc) is 3.13. The maximum atomic E-state index is 12.8. The van der Waals surface area contributed by atoms with Crippen LogP contribution < -0.4 is 11.5 Å². The van der Waals surface area contributed by atoms with Crippen molar-refractivity contribution in [3.05, 3.63) is 77.3 Å². The highest BCUT2D eigenvalue weighted by Gasteiger charge is 2.43. The number of carbonyl (C=O) groups is 2. The normalized spacial score (nSPS) is 16.0. The molecule has 1 aliphatic rings. The van der Waals surface area contributed by atoms with Gasteiger partial charge in [-0.2, -0.15) is 18.2 Å². The van der Waals surface area contributed by atoms with Crippen molar-refractivity contribution in [2.24, 2.45) is 16.5 Å². The number of likely N-dealkylation sites (N-methyl/N-ethyl adjacent to an activating group) is 1. The Bertz CT molecular complexity index is 1150. The van der Waals surface area contributed by atoms with Crippen LogP contribution in [-0.4, -0.2) is 71.4 Å². The Labute approximate surface area is 226 Å². The van der Waals surface area contributed by atoms with Crippen LogP contribution in [0.15, 0.2) is 71.1 Å². The molecule has 1 aliphatic heterocycles. The number of aromatic nitrogens is 1. The molecule has 0 saturated carbocycles. The van der Waals surface area contributed by atoms with Crippen molar-refractivity contribution >= 4 is 17.8 Å². The van der Waals surface area contributed by atoms with Gasteiger partial charge in [-0.3, -0.25) is 14.7 Å². The molecule has 3 rings (SSSR count). The first-order valence-corrected chi connectivity index (χ1v) is 12.2. The molecule has 0 saturated heterocycles. The second-order valence-corrected chi connectivity index (χ2v) is 9.62. The van der Waals surface area contributed by atoms with Crippen LogP contribution >= 0.6 is 0 Å². The van der Waals surface area contributed by atoms with Crippen LogP contribution in [0.1, 0.15) is 43.1 Å². The monoisotopic (exact) mass is 548 g/mol. The molecule has 1 atom stereocenters. The number of hydrogen-bond acceptors (Lipinski definition) is 6. The van der Waals surface area contributed by atoms with Gasteiger partial charge in [0.25, 0.3) is 5.91 Å². The Balaban J connectivity index is 0.000000780. The number of amidine groups is 1. The second kappa shape index (κ2) is 13.2. The fraction of sp³-hybridized carbons (Fsp3) is 0.407. The van der Waals surface area contributed by atoms with Gasteiger partial charge in [0.2, 0.25) is 0 Å². The number of benzene rings is 1. The molecule has 12 heteroatoms. The largest absolute Gasteiger partial charge is 0.445 e. The molecule has 4 N–H and O–H groups in total. The Morgan fingerprint density at radius 2 is 1.74 bits per heavy atom. The van der Waals surface area contributed by atoms with Gasteiger partial charge in [-0.25, -0.2) is 4.79 Å². The van der Waals surface area contributed by atoms with Gasteiger partial charge in [0.05, 0.1) is 17.6 Å². The number of pyridine rings is 1. The predicted octanol–water partition coefficient (Wildman–Crippen LogP) is 4.07. The minimum absolute atomic E-state index is 0.0221. The summed E-state index contributed by atoms with van der Waals surface area (Å²) in [6.45, 7) is 5.87. The van der Waals surface area contributed by atoms with Crippen LogP contribution in [0.2, 0.25) is 0 Å². The molecule has 0 radical (unpaired) electrons. The van der Waals surface area contributed by atoms with Crippen LogP contribution in [0.4, 0.5) is 18.0 Å². The molecule has 2 aromatic rings. The van der Waals surface area contributed by atoms with E-state index in [1.165, 1.54) is 4.90 Å². The predicted molar refractivity (Wildman–Crippen MR) is 143 cm³/mol. The number of rotatable bonds is 6. The molecule has 39 heavy (non-hydrogen) atoms. The summed E-state index contributed by atoms with van der Waals surface area (Å²) in [4.78, 5) is 36.2. The minimum atomic E-state index is -4.51. The lowest BCUT2D eigenvalue weighted by Gasteiger charge is -2.33. The van der Waals surface area contributed by atoms with Crippen molar-refractivity contribution in [2.75, 3.05) is 27.2 Å². The Morgan fingerprint density at radius 1 is 1.15 bits per heavy atom. The molecule has 0 aliphatic carbocycles. The fourth-order valence-corrected chi connectivity index (χ4v) is 3.69. The molecular weight excluding hydrogens is 513 g/mol. The summed E-state index contributed by atoms with van der Waals surface area (Å²) in [5, 5.41) is 0. The molecule has 212 valence electrons. The van der Waals surface area contributed by atoms with E-state index in [0.717, 1.165) is 24.3 Å². The molecule has 1 aromatic heterocycles. The zero-order chi connectivity index (χ0) is 29.4. The van der Waals surface area contributed by atoms with Crippen molar-refractivity contribution in [2.45, 2.75) is 45.0 Å². The Hall–Kier alpha value is -3.93. The summed E-state index contributed by atoms with van der Waals surface area (Å²) < 4.78 is 43.8. The van der Waals surface area contributed by atoms with E-state index in [0.29, 0.717) is 13.0 Å². The van der Waals surface area contributed by atoms with E-state index < -0.39 is 29.3 Å². The van der Waals surface area contributed by atoms with E-state index in [1.54, 1.807) is 26.2 Å². The molecule has 2 heterocycles. The first-order chi connectivity index (χ1) is 18.2. The maximum absolute atomic E-state index is 12.8. The number of aliphatic imine (C=N–C) groups is 1. The zero-order valence-electron chi connectivity index (χ0n) is 22.7. The summed E-state index contributed by atoms with van der Waals surface area (Å²) in [5.74, 6) is -1.03. The third-order valence-electron chi connectivity index (χ3n) is 6.04. The molecule has 0 bridgehead atoms. The van der Waals surface area contributed by atoms with Crippen LogP contribution in [0.25, 0.3) is 0 Å². The molecule has 9 nitrogen and oxygen atoms in total. The number of nitrogens with zero attached hydrogens (tertiary/aromatic N) is 4. The number of nitrogens with two attached hydrogens (primary N) is 2. The Morgan fingerprint density at radius 3 is 2.18 bits per heavy atom. The number of alkyl halides is 3. The van der Waals surface area contributed by atoms with E-state index in [4.69, 9.17) is 16.2 Å². The summed E-state index contributed by atoms with van der Waals surface area (Å²) in [6, 6.07) is 9.35. The van der Waals surface area contributed by atoms with Crippen LogP contribution in [0.5, 0.6) is 0 Å². The van der Waals surface area contributed by atoms with Crippen LogP contribution in [0, 0.1) is 0 Å². The average molecular weight is 549 g/mol. The standard InChI is InChI=1S/C22H30F3N5O3.C5H5N/c1-6-15(11-29(4)5)33-20(32)30-12-16(17(26)21(30,2)3)18(27)28-19(31)13-7-9-14(10-8-13)22(23,24)25;1-2-4-6-5-3-1/h7-10,15H,6,11-12,26H2,1-5H3,(H2,27,28,31);1-5H. The maximum Gasteiger partial charge on any atom is 0.416 e.